The summed E-state index contributed by atoms with van der Waals surface area (Å²) in [5.74, 6) is 1.39. The van der Waals surface area contributed by atoms with E-state index in [1.54, 1.807) is 0 Å². The molecule has 2 aliphatic rings. The van der Waals surface area contributed by atoms with Crippen molar-refractivity contribution in [1.82, 2.24) is 20.1 Å². The molecule has 1 N–H and O–H groups in total. The Morgan fingerprint density at radius 1 is 1.10 bits per heavy atom. The van der Waals surface area contributed by atoms with Gasteiger partial charge in [0.05, 0.1) is 5.69 Å². The van der Waals surface area contributed by atoms with Crippen molar-refractivity contribution in [3.8, 4) is 5.75 Å². The van der Waals surface area contributed by atoms with Gasteiger partial charge in [0, 0.05) is 44.5 Å². The number of ether oxygens (including phenoxy) is 1. The molecule has 31 heavy (non-hydrogen) atoms. The summed E-state index contributed by atoms with van der Waals surface area (Å²) >= 11 is 0. The van der Waals surface area contributed by atoms with Crippen LogP contribution in [0.15, 0.2) is 48.7 Å². The van der Waals surface area contributed by atoms with E-state index < -0.39 is 0 Å². The maximum atomic E-state index is 12.5. The minimum Gasteiger partial charge on any atom is -0.490 e. The molecule has 0 radical (unpaired) electrons. The standard InChI is InChI=1S/C25H34N4O2/c1-28-14-4-5-20(18-28)17-27-25(30)21-7-9-23(10-8-21)31-24-11-15-29(16-12-24)19-22-6-2-3-13-26-22/h2-3,6-10,13,20,24H,4-5,11-12,14-19H2,1H3,(H,27,30)/t20-/m0/s1. The van der Waals surface area contributed by atoms with Crippen LogP contribution >= 0.6 is 0 Å². The van der Waals surface area contributed by atoms with E-state index >= 15 is 0 Å². The van der Waals surface area contributed by atoms with E-state index in [2.05, 4.69) is 33.2 Å². The predicted octanol–water partition coefficient (Wildman–Crippen LogP) is 3.20. The SMILES string of the molecule is CN1CCC[C@@H](CNC(=O)c2ccc(OC3CCN(Cc4ccccn4)CC3)cc2)C1. The van der Waals surface area contributed by atoms with Crippen LogP contribution < -0.4 is 10.1 Å². The van der Waals surface area contributed by atoms with Crippen LogP contribution in [0.1, 0.15) is 41.7 Å². The highest BCUT2D eigenvalue weighted by Gasteiger charge is 2.21. The number of piperidine rings is 2. The van der Waals surface area contributed by atoms with Crippen LogP contribution in [0.25, 0.3) is 0 Å². The van der Waals surface area contributed by atoms with Crippen molar-refractivity contribution in [1.29, 1.82) is 0 Å². The number of nitrogens with one attached hydrogen (secondary N) is 1. The molecule has 2 aromatic rings. The molecule has 6 heteroatoms. The highest BCUT2D eigenvalue weighted by molar-refractivity contribution is 5.94. The number of nitrogens with zero attached hydrogens (tertiary/aromatic N) is 3. The van der Waals surface area contributed by atoms with Crippen LogP contribution in [0.5, 0.6) is 5.75 Å². The van der Waals surface area contributed by atoms with E-state index in [4.69, 9.17) is 4.74 Å². The summed E-state index contributed by atoms with van der Waals surface area (Å²) in [6.45, 7) is 5.89. The van der Waals surface area contributed by atoms with Gasteiger partial charge in [0.1, 0.15) is 11.9 Å². The zero-order valence-corrected chi connectivity index (χ0v) is 18.5. The summed E-state index contributed by atoms with van der Waals surface area (Å²) in [5.41, 5.74) is 1.81. The van der Waals surface area contributed by atoms with Crippen LogP contribution in [-0.2, 0) is 6.54 Å². The zero-order valence-electron chi connectivity index (χ0n) is 18.5. The van der Waals surface area contributed by atoms with Gasteiger partial charge in [-0.25, -0.2) is 0 Å². The molecule has 6 nitrogen and oxygen atoms in total. The summed E-state index contributed by atoms with van der Waals surface area (Å²) in [5, 5.41) is 3.10. The molecule has 0 unspecified atom stereocenters. The maximum absolute atomic E-state index is 12.5. The molecule has 166 valence electrons. The molecule has 0 aliphatic carbocycles. The van der Waals surface area contributed by atoms with E-state index in [-0.39, 0.29) is 12.0 Å². The average Bonchev–Trinajstić information content (AvgIpc) is 2.80. The number of pyridine rings is 1. The minimum absolute atomic E-state index is 0.00241. The second-order valence-electron chi connectivity index (χ2n) is 8.92. The largest absolute Gasteiger partial charge is 0.490 e. The highest BCUT2D eigenvalue weighted by Crippen LogP contribution is 2.21. The Labute approximate surface area is 185 Å². The first kappa shape index (κ1) is 21.8. The number of hydrogen-bond acceptors (Lipinski definition) is 5. The first-order valence-corrected chi connectivity index (χ1v) is 11.5. The van der Waals surface area contributed by atoms with Crippen molar-refractivity contribution >= 4 is 5.91 Å². The molecule has 0 bridgehead atoms. The van der Waals surface area contributed by atoms with Crippen LogP contribution in [0.2, 0.25) is 0 Å². The van der Waals surface area contributed by atoms with Gasteiger partial charge in [0.2, 0.25) is 0 Å². The van der Waals surface area contributed by atoms with E-state index in [9.17, 15) is 4.79 Å². The molecule has 1 atom stereocenters. The Balaban J connectivity index is 1.19. The molecule has 4 rings (SSSR count). The van der Waals surface area contributed by atoms with Crippen molar-refractivity contribution in [3.63, 3.8) is 0 Å². The molecular weight excluding hydrogens is 388 g/mol. The van der Waals surface area contributed by atoms with Gasteiger partial charge in [-0.05, 0) is 81.6 Å². The summed E-state index contributed by atoms with van der Waals surface area (Å²) in [4.78, 5) is 21.7. The van der Waals surface area contributed by atoms with E-state index in [0.29, 0.717) is 11.5 Å². The van der Waals surface area contributed by atoms with Gasteiger partial charge in [-0.2, -0.15) is 0 Å². The fourth-order valence-corrected chi connectivity index (χ4v) is 4.56. The molecule has 2 fully saturated rings. The summed E-state index contributed by atoms with van der Waals surface area (Å²) < 4.78 is 6.18. The van der Waals surface area contributed by atoms with Crippen molar-refractivity contribution in [2.75, 3.05) is 39.8 Å². The summed E-state index contributed by atoms with van der Waals surface area (Å²) in [7, 11) is 2.15. The number of carbonyl (C=O) groups is 1. The normalized spacial score (nSPS) is 21.0. The van der Waals surface area contributed by atoms with Crippen molar-refractivity contribution in [2.45, 2.75) is 38.3 Å². The van der Waals surface area contributed by atoms with Gasteiger partial charge in [0.15, 0.2) is 0 Å². The molecule has 0 saturated carbocycles. The van der Waals surface area contributed by atoms with Gasteiger partial charge in [0.25, 0.3) is 5.91 Å². The van der Waals surface area contributed by atoms with Gasteiger partial charge < -0.3 is 15.0 Å². The van der Waals surface area contributed by atoms with E-state index in [0.717, 1.165) is 63.6 Å². The topological polar surface area (TPSA) is 57.7 Å². The van der Waals surface area contributed by atoms with Crippen molar-refractivity contribution < 1.29 is 9.53 Å². The fourth-order valence-electron chi connectivity index (χ4n) is 4.56. The first-order chi connectivity index (χ1) is 15.2. The monoisotopic (exact) mass is 422 g/mol. The fraction of sp³-hybridized carbons (Fsp3) is 0.520. The smallest absolute Gasteiger partial charge is 0.251 e. The Morgan fingerprint density at radius 2 is 1.90 bits per heavy atom. The minimum atomic E-state index is 0.00241. The molecule has 2 saturated heterocycles. The number of aromatic nitrogens is 1. The third-order valence-corrected chi connectivity index (χ3v) is 6.34. The van der Waals surface area contributed by atoms with Crippen LogP contribution in [0.4, 0.5) is 0 Å². The van der Waals surface area contributed by atoms with Crippen LogP contribution in [-0.4, -0.2) is 66.6 Å². The molecular formula is C25H34N4O2. The third-order valence-electron chi connectivity index (χ3n) is 6.34. The first-order valence-electron chi connectivity index (χ1n) is 11.5. The van der Waals surface area contributed by atoms with Gasteiger partial charge in [-0.15, -0.1) is 0 Å². The molecule has 1 aromatic heterocycles. The molecule has 3 heterocycles. The van der Waals surface area contributed by atoms with Crippen LogP contribution in [0, 0.1) is 5.92 Å². The number of hydrogen-bond donors (Lipinski definition) is 1. The lowest BCUT2D eigenvalue weighted by Crippen LogP contribution is -2.39. The lowest BCUT2D eigenvalue weighted by atomic mass is 9.98. The number of rotatable bonds is 7. The lowest BCUT2D eigenvalue weighted by molar-refractivity contribution is 0.0934. The lowest BCUT2D eigenvalue weighted by Gasteiger charge is -2.31. The number of benzene rings is 1. The van der Waals surface area contributed by atoms with Crippen LogP contribution in [0.3, 0.4) is 0 Å². The average molecular weight is 423 g/mol. The summed E-state index contributed by atoms with van der Waals surface area (Å²) in [6.07, 6.45) is 6.49. The van der Waals surface area contributed by atoms with E-state index in [1.165, 1.54) is 12.8 Å². The second kappa shape index (κ2) is 10.7. The Morgan fingerprint density at radius 3 is 2.61 bits per heavy atom. The molecule has 0 spiro atoms. The predicted molar refractivity (Wildman–Crippen MR) is 122 cm³/mol. The number of likely N-dealkylation sites (tertiary alicyclic amines) is 2. The molecule has 1 amide bonds. The van der Waals surface area contributed by atoms with Crippen molar-refractivity contribution in [3.05, 3.63) is 59.9 Å². The Bertz CT molecular complexity index is 819. The molecule has 1 aromatic carbocycles. The Kier molecular flexibility index (Phi) is 7.54. The number of amides is 1. The second-order valence-corrected chi connectivity index (χ2v) is 8.92. The zero-order chi connectivity index (χ0) is 21.5. The van der Waals surface area contributed by atoms with Gasteiger partial charge in [-0.1, -0.05) is 6.07 Å². The van der Waals surface area contributed by atoms with Gasteiger partial charge in [-0.3, -0.25) is 14.7 Å². The molecule has 2 aliphatic heterocycles. The Hall–Kier alpha value is -2.44. The van der Waals surface area contributed by atoms with E-state index in [1.807, 2.05) is 42.6 Å². The van der Waals surface area contributed by atoms with Gasteiger partial charge >= 0.3 is 0 Å². The number of carbonyl (C=O) groups excluding carboxylic acids is 1. The summed E-state index contributed by atoms with van der Waals surface area (Å²) in [6, 6.07) is 13.6. The highest BCUT2D eigenvalue weighted by atomic mass is 16.5. The quantitative estimate of drug-likeness (QED) is 0.743. The van der Waals surface area contributed by atoms with Crippen molar-refractivity contribution in [2.24, 2.45) is 5.92 Å². The maximum Gasteiger partial charge on any atom is 0.251 e. The third kappa shape index (κ3) is 6.52.